The zero-order valence-corrected chi connectivity index (χ0v) is 12.4. The van der Waals surface area contributed by atoms with E-state index < -0.39 is 10.0 Å². The molecule has 0 aliphatic carbocycles. The Labute approximate surface area is 120 Å². The summed E-state index contributed by atoms with van der Waals surface area (Å²) in [5, 5.41) is 0. The molecule has 0 unspecified atom stereocenters. The van der Waals surface area contributed by atoms with E-state index in [1.807, 2.05) is 13.0 Å². The van der Waals surface area contributed by atoms with E-state index in [1.165, 1.54) is 9.88 Å². The molecule has 2 N–H and O–H groups in total. The fourth-order valence-corrected chi connectivity index (χ4v) is 3.38. The molecule has 110 valence electrons. The molecule has 6 heteroatoms. The highest BCUT2D eigenvalue weighted by molar-refractivity contribution is 7.89. The molecule has 1 aliphatic heterocycles. The maximum atomic E-state index is 12.5. The number of hydrogen-bond acceptors (Lipinski definition) is 4. The Balaban J connectivity index is 2.13. The number of hydrogen-bond donors (Lipinski definition) is 1. The lowest BCUT2D eigenvalue weighted by molar-refractivity contribution is 0.328. The van der Waals surface area contributed by atoms with Crippen molar-refractivity contribution in [3.63, 3.8) is 0 Å². The van der Waals surface area contributed by atoms with Crippen LogP contribution in [0.4, 0.5) is 0 Å². The van der Waals surface area contributed by atoms with E-state index in [2.05, 4.69) is 0 Å². The molecule has 0 radical (unpaired) electrons. The minimum atomic E-state index is -3.41. The first-order valence-corrected chi connectivity index (χ1v) is 8.07. The second-order valence-electron chi connectivity index (χ2n) is 4.77. The molecule has 1 aliphatic rings. The van der Waals surface area contributed by atoms with Gasteiger partial charge in [-0.2, -0.15) is 4.31 Å². The normalized spacial score (nSPS) is 16.8. The van der Waals surface area contributed by atoms with Gasteiger partial charge < -0.3 is 10.5 Å². The van der Waals surface area contributed by atoms with Crippen molar-refractivity contribution >= 4 is 10.0 Å². The van der Waals surface area contributed by atoms with Gasteiger partial charge in [-0.25, -0.2) is 8.42 Å². The van der Waals surface area contributed by atoms with Crippen molar-refractivity contribution in [1.29, 1.82) is 0 Å². The maximum absolute atomic E-state index is 12.5. The molecule has 0 saturated heterocycles. The van der Waals surface area contributed by atoms with Crippen LogP contribution in [0.2, 0.25) is 0 Å². The zero-order valence-electron chi connectivity index (χ0n) is 11.6. The third-order valence-corrected chi connectivity index (χ3v) is 5.13. The first-order chi connectivity index (χ1) is 9.54. The quantitative estimate of drug-likeness (QED) is 0.833. The van der Waals surface area contributed by atoms with Crippen molar-refractivity contribution in [1.82, 2.24) is 4.31 Å². The summed E-state index contributed by atoms with van der Waals surface area (Å²) in [6.45, 7) is 3.85. The average Bonchev–Trinajstić information content (AvgIpc) is 2.46. The molecule has 1 aromatic carbocycles. The van der Waals surface area contributed by atoms with Gasteiger partial charge in [0.15, 0.2) is 0 Å². The van der Waals surface area contributed by atoms with Gasteiger partial charge in [0.25, 0.3) is 0 Å². The van der Waals surface area contributed by atoms with Crippen LogP contribution in [-0.2, 0) is 10.0 Å². The predicted octanol–water partition coefficient (Wildman–Crippen LogP) is 1.36. The molecule has 1 aromatic rings. The van der Waals surface area contributed by atoms with Crippen molar-refractivity contribution in [2.75, 3.05) is 26.2 Å². The van der Waals surface area contributed by atoms with Crippen LogP contribution in [0.5, 0.6) is 5.75 Å². The molecule has 1 heterocycles. The minimum Gasteiger partial charge on any atom is -0.492 e. The molecule has 0 spiro atoms. The van der Waals surface area contributed by atoms with Crippen molar-refractivity contribution in [2.24, 2.45) is 5.73 Å². The van der Waals surface area contributed by atoms with E-state index in [0.717, 1.165) is 6.42 Å². The fourth-order valence-electron chi connectivity index (χ4n) is 2.00. The fraction of sp³-hybridized carbons (Fsp3) is 0.429. The Morgan fingerprint density at radius 1 is 1.30 bits per heavy atom. The predicted molar refractivity (Wildman–Crippen MR) is 78.1 cm³/mol. The van der Waals surface area contributed by atoms with E-state index in [9.17, 15) is 8.42 Å². The second kappa shape index (κ2) is 6.39. The largest absolute Gasteiger partial charge is 0.492 e. The number of nitrogens with two attached hydrogens (primary N) is 1. The standard InChI is InChI=1S/C14H20N2O3S/c1-12-6-9-16(10-7-12)20(17,18)14-4-2-13(3-5-14)19-11-8-15/h2-6H,7-11,15H2,1H3. The van der Waals surface area contributed by atoms with Crippen LogP contribution in [0.25, 0.3) is 0 Å². The van der Waals surface area contributed by atoms with E-state index in [4.69, 9.17) is 10.5 Å². The monoisotopic (exact) mass is 296 g/mol. The van der Waals surface area contributed by atoms with Crippen molar-refractivity contribution in [2.45, 2.75) is 18.2 Å². The summed E-state index contributed by atoms with van der Waals surface area (Å²) in [5.41, 5.74) is 6.59. The summed E-state index contributed by atoms with van der Waals surface area (Å²) in [4.78, 5) is 0.297. The molecule has 0 amide bonds. The number of sulfonamides is 1. The maximum Gasteiger partial charge on any atom is 0.243 e. The van der Waals surface area contributed by atoms with Gasteiger partial charge in [0.1, 0.15) is 12.4 Å². The Bertz CT molecular complexity index is 579. The SMILES string of the molecule is CC1=CCN(S(=O)(=O)c2ccc(OCCN)cc2)CC1. The van der Waals surface area contributed by atoms with E-state index >= 15 is 0 Å². The summed E-state index contributed by atoms with van der Waals surface area (Å²) in [5.74, 6) is 0.629. The summed E-state index contributed by atoms with van der Waals surface area (Å²) in [6, 6.07) is 6.47. The third-order valence-electron chi connectivity index (χ3n) is 3.25. The van der Waals surface area contributed by atoms with Gasteiger partial charge in [-0.15, -0.1) is 0 Å². The zero-order chi connectivity index (χ0) is 14.6. The van der Waals surface area contributed by atoms with Crippen LogP contribution in [0.3, 0.4) is 0 Å². The van der Waals surface area contributed by atoms with Crippen molar-refractivity contribution in [3.8, 4) is 5.75 Å². The van der Waals surface area contributed by atoms with Gasteiger partial charge in [0, 0.05) is 19.6 Å². The molecule has 0 bridgehead atoms. The summed E-state index contributed by atoms with van der Waals surface area (Å²) in [7, 11) is -3.41. The van der Waals surface area contributed by atoms with E-state index in [-0.39, 0.29) is 0 Å². The van der Waals surface area contributed by atoms with Gasteiger partial charge in [-0.05, 0) is 37.6 Å². The number of benzene rings is 1. The van der Waals surface area contributed by atoms with Gasteiger partial charge in [-0.3, -0.25) is 0 Å². The smallest absolute Gasteiger partial charge is 0.243 e. The summed E-state index contributed by atoms with van der Waals surface area (Å²) >= 11 is 0. The summed E-state index contributed by atoms with van der Waals surface area (Å²) in [6.07, 6.45) is 2.75. The molecule has 0 saturated carbocycles. The number of rotatable bonds is 5. The first-order valence-electron chi connectivity index (χ1n) is 6.63. The molecule has 0 atom stereocenters. The molecule has 2 rings (SSSR count). The van der Waals surface area contributed by atoms with Gasteiger partial charge >= 0.3 is 0 Å². The Morgan fingerprint density at radius 3 is 2.55 bits per heavy atom. The lowest BCUT2D eigenvalue weighted by Gasteiger charge is -2.24. The Kier molecular flexibility index (Phi) is 4.80. The van der Waals surface area contributed by atoms with Crippen LogP contribution in [0.1, 0.15) is 13.3 Å². The van der Waals surface area contributed by atoms with E-state index in [0.29, 0.717) is 36.9 Å². The molecule has 0 fully saturated rings. The van der Waals surface area contributed by atoms with Crippen molar-refractivity contribution < 1.29 is 13.2 Å². The van der Waals surface area contributed by atoms with Gasteiger partial charge in [0.2, 0.25) is 10.0 Å². The highest BCUT2D eigenvalue weighted by Crippen LogP contribution is 2.22. The molecule has 0 aromatic heterocycles. The van der Waals surface area contributed by atoms with Gasteiger partial charge in [-0.1, -0.05) is 11.6 Å². The van der Waals surface area contributed by atoms with Crippen LogP contribution < -0.4 is 10.5 Å². The highest BCUT2D eigenvalue weighted by atomic mass is 32.2. The molecule has 5 nitrogen and oxygen atoms in total. The van der Waals surface area contributed by atoms with Crippen LogP contribution in [0, 0.1) is 0 Å². The molecule has 20 heavy (non-hydrogen) atoms. The minimum absolute atomic E-state index is 0.297. The average molecular weight is 296 g/mol. The third kappa shape index (κ3) is 3.39. The Hall–Kier alpha value is -1.37. The highest BCUT2D eigenvalue weighted by Gasteiger charge is 2.25. The van der Waals surface area contributed by atoms with Crippen LogP contribution in [-0.4, -0.2) is 39.0 Å². The molecular weight excluding hydrogens is 276 g/mol. The second-order valence-corrected chi connectivity index (χ2v) is 6.71. The topological polar surface area (TPSA) is 72.6 Å². The molecular formula is C14H20N2O3S. The lowest BCUT2D eigenvalue weighted by atomic mass is 10.1. The number of nitrogens with zero attached hydrogens (tertiary/aromatic N) is 1. The first kappa shape index (κ1) is 15.0. The van der Waals surface area contributed by atoms with E-state index in [1.54, 1.807) is 24.3 Å². The van der Waals surface area contributed by atoms with Crippen LogP contribution >= 0.6 is 0 Å². The van der Waals surface area contributed by atoms with Crippen LogP contribution in [0.15, 0.2) is 40.8 Å². The van der Waals surface area contributed by atoms with Crippen molar-refractivity contribution in [3.05, 3.63) is 35.9 Å². The lowest BCUT2D eigenvalue weighted by Crippen LogP contribution is -2.34. The summed E-state index contributed by atoms with van der Waals surface area (Å²) < 4.78 is 31.7. The number of ether oxygens (including phenoxy) is 1. The van der Waals surface area contributed by atoms with Gasteiger partial charge in [0.05, 0.1) is 4.90 Å². The Morgan fingerprint density at radius 2 is 2.00 bits per heavy atom.